The van der Waals surface area contributed by atoms with Crippen molar-refractivity contribution in [1.82, 2.24) is 0 Å². The van der Waals surface area contributed by atoms with Crippen LogP contribution in [0.5, 0.6) is 0 Å². The highest BCUT2D eigenvalue weighted by Gasteiger charge is 2.58. The van der Waals surface area contributed by atoms with Gasteiger partial charge in [-0.05, 0) is 122 Å². The minimum Gasteiger partial charge on any atom is -0.311 e. The van der Waals surface area contributed by atoms with Crippen LogP contribution in [0.2, 0.25) is 0 Å². The van der Waals surface area contributed by atoms with Crippen LogP contribution in [0.1, 0.15) is 0 Å². The van der Waals surface area contributed by atoms with Crippen molar-refractivity contribution in [3.63, 3.8) is 0 Å². The number of fused-ring (bicyclic) bond motifs is 8. The lowest BCUT2D eigenvalue weighted by atomic mass is 10.0. The van der Waals surface area contributed by atoms with E-state index < -0.39 is 24.2 Å². The second-order valence-corrected chi connectivity index (χ2v) is 32.5. The lowest BCUT2D eigenvalue weighted by Gasteiger charge is -2.50. The first-order chi connectivity index (χ1) is 38.2. The van der Waals surface area contributed by atoms with Gasteiger partial charge < -0.3 is 4.90 Å². The van der Waals surface area contributed by atoms with Crippen LogP contribution < -0.4 is 67.1 Å². The van der Waals surface area contributed by atoms with Gasteiger partial charge in [-0.15, -0.1) is 0 Å². The first-order valence-electron chi connectivity index (χ1n) is 26.7. The number of hydrogen-bond donors (Lipinski definition) is 0. The molecule has 0 unspecified atom stereocenters. The molecule has 2 aliphatic rings. The standard InChI is InChI=1S/C72H53NSSi3/c1-7-25-54(26-8-1)55-43-45-56(46-44-55)73(57-47-50-64(51-48-57)75(59-27-9-2-10-28-59,60-29-11-3-12-30-60)61-31-13-4-14-32-61)58-49-52-71-72(53-58)77(67-39-21-19-37-65(67)74-66-38-20-22-40-68(66)77)70-42-24-23-41-69(70)76(71,62-33-15-5-16-34-62)63-35-17-6-18-36-63/h1-53H. The average molecular weight is 1050 g/mol. The Kier molecular flexibility index (Phi) is 11.9. The van der Waals surface area contributed by atoms with Crippen molar-refractivity contribution in [1.29, 1.82) is 0 Å². The molecular formula is C72H53NSSi3. The molecular weight excluding hydrogens is 995 g/mol. The van der Waals surface area contributed by atoms with Crippen molar-refractivity contribution in [2.24, 2.45) is 0 Å². The molecule has 0 saturated heterocycles. The predicted octanol–water partition coefficient (Wildman–Crippen LogP) is 9.73. The molecule has 0 radical (unpaired) electrons. The van der Waals surface area contributed by atoms with Crippen LogP contribution in [0.3, 0.4) is 0 Å². The topological polar surface area (TPSA) is 3.24 Å². The summed E-state index contributed by atoms with van der Waals surface area (Å²) in [6.07, 6.45) is 0. The van der Waals surface area contributed by atoms with E-state index >= 15 is 0 Å². The minimum atomic E-state index is -3.09. The number of anilines is 3. The Hall–Kier alpha value is -8.56. The van der Waals surface area contributed by atoms with E-state index in [-0.39, 0.29) is 0 Å². The first-order valence-corrected chi connectivity index (χ1v) is 33.5. The highest BCUT2D eigenvalue weighted by atomic mass is 32.2. The summed E-state index contributed by atoms with van der Waals surface area (Å²) < 4.78 is 0. The summed E-state index contributed by atoms with van der Waals surface area (Å²) in [7, 11) is -8.89. The lowest BCUT2D eigenvalue weighted by Crippen LogP contribution is -2.93. The average Bonchev–Trinajstić information content (AvgIpc) is 3.62. The Balaban J connectivity index is 1.06. The number of rotatable bonds is 10. The third kappa shape index (κ3) is 7.41. The van der Waals surface area contributed by atoms with Crippen LogP contribution >= 0.6 is 11.8 Å². The molecule has 1 spiro atoms. The Labute approximate surface area is 459 Å². The second-order valence-electron chi connectivity index (χ2n) is 20.2. The Morgan fingerprint density at radius 2 is 0.584 bits per heavy atom. The third-order valence-corrected chi connectivity index (χ3v) is 33.1. The number of benzene rings is 12. The molecule has 0 N–H and O–H groups in total. The molecule has 0 amide bonds. The molecule has 14 rings (SSSR count). The summed E-state index contributed by atoms with van der Waals surface area (Å²) in [6.45, 7) is 0. The molecule has 2 heterocycles. The van der Waals surface area contributed by atoms with Crippen LogP contribution in [0.15, 0.2) is 331 Å². The summed E-state index contributed by atoms with van der Waals surface area (Å²) in [6, 6.07) is 122. The third-order valence-electron chi connectivity index (χ3n) is 16.4. The molecule has 1 nitrogen and oxygen atoms in total. The van der Waals surface area contributed by atoms with Crippen molar-refractivity contribution in [3.05, 3.63) is 322 Å². The molecule has 12 aromatic carbocycles. The van der Waals surface area contributed by atoms with Gasteiger partial charge in [-0.1, -0.05) is 285 Å². The molecule has 5 heteroatoms. The molecule has 0 aliphatic carbocycles. The van der Waals surface area contributed by atoms with Crippen LogP contribution in [0.25, 0.3) is 11.1 Å². The quantitative estimate of drug-likeness (QED) is 0.0993. The largest absolute Gasteiger partial charge is 0.311 e. The van der Waals surface area contributed by atoms with Gasteiger partial charge in [-0.25, -0.2) is 0 Å². The predicted molar refractivity (Wildman–Crippen MR) is 335 cm³/mol. The first kappa shape index (κ1) is 46.9. The molecule has 12 aromatic rings. The van der Waals surface area contributed by atoms with Crippen LogP contribution in [0.4, 0.5) is 17.1 Å². The van der Waals surface area contributed by atoms with Crippen LogP contribution in [0, 0.1) is 0 Å². The summed E-state index contributed by atoms with van der Waals surface area (Å²) in [5, 5.41) is 17.1. The SMILES string of the molecule is c1ccc(-c2ccc(N(c3ccc([Si](c4ccccc4)(c4ccccc4)c4ccccc4)cc3)c3ccc4c(c3)[Si]3(c5ccccc5Sc5ccccc53)c3ccccc3[Si]4(c3ccccc3)c3ccccc3)cc2)cc1. The molecule has 0 saturated carbocycles. The van der Waals surface area contributed by atoms with E-state index in [1.54, 1.807) is 0 Å². The number of hydrogen-bond acceptors (Lipinski definition) is 2. The molecule has 0 aromatic heterocycles. The zero-order valence-electron chi connectivity index (χ0n) is 42.5. The second kappa shape index (κ2) is 19.5. The zero-order chi connectivity index (χ0) is 51.2. The Morgan fingerprint density at radius 3 is 1.06 bits per heavy atom. The maximum absolute atomic E-state index is 3.09. The van der Waals surface area contributed by atoms with Gasteiger partial charge in [0.1, 0.15) is 0 Å². The monoisotopic (exact) mass is 1050 g/mol. The van der Waals surface area contributed by atoms with Crippen molar-refractivity contribution >= 4 is 115 Å². The maximum atomic E-state index is 2.66. The van der Waals surface area contributed by atoms with Gasteiger partial charge in [0.05, 0.1) is 0 Å². The minimum absolute atomic E-state index is 1.11. The van der Waals surface area contributed by atoms with Crippen molar-refractivity contribution in [3.8, 4) is 11.1 Å². The van der Waals surface area contributed by atoms with Gasteiger partial charge in [0.2, 0.25) is 0 Å². The summed E-state index contributed by atoms with van der Waals surface area (Å²) >= 11 is 1.93. The van der Waals surface area contributed by atoms with Crippen LogP contribution in [-0.4, -0.2) is 24.2 Å². The van der Waals surface area contributed by atoms with Gasteiger partial charge in [0.25, 0.3) is 0 Å². The van der Waals surface area contributed by atoms with E-state index in [9.17, 15) is 0 Å². The van der Waals surface area contributed by atoms with E-state index in [0.717, 1.165) is 17.1 Å². The molecule has 0 bridgehead atoms. The lowest BCUT2D eigenvalue weighted by molar-refractivity contribution is 1.29. The fraction of sp³-hybridized carbons (Fsp3) is 0. The Morgan fingerprint density at radius 1 is 0.247 bits per heavy atom. The highest BCUT2D eigenvalue weighted by Crippen LogP contribution is 2.38. The van der Waals surface area contributed by atoms with E-state index in [4.69, 9.17) is 0 Å². The summed E-state index contributed by atoms with van der Waals surface area (Å²) in [5.74, 6) is 0. The van der Waals surface area contributed by atoms with E-state index in [1.807, 2.05) is 11.8 Å². The van der Waals surface area contributed by atoms with E-state index in [1.165, 1.54) is 83.2 Å². The molecule has 0 fully saturated rings. The summed E-state index contributed by atoms with van der Waals surface area (Å²) in [4.78, 5) is 5.23. The molecule has 77 heavy (non-hydrogen) atoms. The smallest absolute Gasteiger partial charge is 0.181 e. The molecule has 0 atom stereocenters. The van der Waals surface area contributed by atoms with Gasteiger partial charge in [0, 0.05) is 26.9 Å². The summed E-state index contributed by atoms with van der Waals surface area (Å²) in [5.41, 5.74) is 5.76. The van der Waals surface area contributed by atoms with Gasteiger partial charge in [0.15, 0.2) is 24.2 Å². The van der Waals surface area contributed by atoms with Crippen LogP contribution in [-0.2, 0) is 0 Å². The normalized spacial score (nSPS) is 13.6. The van der Waals surface area contributed by atoms with Gasteiger partial charge in [-0.2, -0.15) is 0 Å². The van der Waals surface area contributed by atoms with Gasteiger partial charge >= 0.3 is 0 Å². The van der Waals surface area contributed by atoms with Gasteiger partial charge in [-0.3, -0.25) is 0 Å². The van der Waals surface area contributed by atoms with Crippen molar-refractivity contribution < 1.29 is 0 Å². The fourth-order valence-corrected chi connectivity index (χ4v) is 32.3. The van der Waals surface area contributed by atoms with Crippen molar-refractivity contribution in [2.75, 3.05) is 4.90 Å². The number of nitrogens with zero attached hydrogens (tertiary/aromatic N) is 1. The fourth-order valence-electron chi connectivity index (χ4n) is 13.3. The molecule has 364 valence electrons. The maximum Gasteiger partial charge on any atom is 0.181 e. The Bertz CT molecular complexity index is 3860. The molecule has 2 aliphatic heterocycles. The zero-order valence-corrected chi connectivity index (χ0v) is 46.3. The van der Waals surface area contributed by atoms with E-state index in [2.05, 4.69) is 326 Å². The van der Waals surface area contributed by atoms with Crippen molar-refractivity contribution in [2.45, 2.75) is 9.79 Å². The van der Waals surface area contributed by atoms with E-state index in [0.29, 0.717) is 0 Å². The highest BCUT2D eigenvalue weighted by molar-refractivity contribution is 8.00.